The van der Waals surface area contributed by atoms with Gasteiger partial charge in [0.15, 0.2) is 0 Å². The van der Waals surface area contributed by atoms with Gasteiger partial charge in [-0.05, 0) is 30.0 Å². The molecule has 0 fully saturated rings. The van der Waals surface area contributed by atoms with Crippen LogP contribution < -0.4 is 5.32 Å². The Morgan fingerprint density at radius 2 is 2.17 bits per heavy atom. The molecule has 1 aromatic carbocycles. The number of amides is 1. The Morgan fingerprint density at radius 3 is 2.83 bits per heavy atom. The second-order valence-corrected chi connectivity index (χ2v) is 4.75. The molecule has 94 valence electrons. The molecule has 1 amide bonds. The third-order valence-corrected chi connectivity index (χ3v) is 3.39. The van der Waals surface area contributed by atoms with Crippen LogP contribution in [0.1, 0.15) is 15.2 Å². The average Bonchev–Trinajstić information content (AvgIpc) is 2.82. The van der Waals surface area contributed by atoms with Crippen molar-refractivity contribution in [1.82, 2.24) is 5.32 Å². The van der Waals surface area contributed by atoms with E-state index in [0.29, 0.717) is 13.0 Å². The topological polar surface area (TPSA) is 49.3 Å². The van der Waals surface area contributed by atoms with Gasteiger partial charge in [0.25, 0.3) is 5.91 Å². The van der Waals surface area contributed by atoms with Crippen molar-refractivity contribution < 1.29 is 14.3 Å². The van der Waals surface area contributed by atoms with Crippen molar-refractivity contribution in [2.75, 3.05) is 6.54 Å². The lowest BCUT2D eigenvalue weighted by molar-refractivity contribution is 0.0947. The van der Waals surface area contributed by atoms with Crippen LogP contribution in [-0.2, 0) is 6.42 Å². The Hall–Kier alpha value is -1.88. The van der Waals surface area contributed by atoms with E-state index in [2.05, 4.69) is 5.32 Å². The van der Waals surface area contributed by atoms with Gasteiger partial charge in [0.1, 0.15) is 17.1 Å². The van der Waals surface area contributed by atoms with Gasteiger partial charge in [0, 0.05) is 11.4 Å². The first-order valence-corrected chi connectivity index (χ1v) is 6.34. The molecule has 2 aromatic rings. The average molecular weight is 265 g/mol. The highest BCUT2D eigenvalue weighted by atomic mass is 32.1. The highest BCUT2D eigenvalue weighted by Crippen LogP contribution is 2.19. The van der Waals surface area contributed by atoms with E-state index in [4.69, 9.17) is 0 Å². The largest absolute Gasteiger partial charge is 0.507 e. The lowest BCUT2D eigenvalue weighted by Gasteiger charge is -2.06. The molecule has 2 N–H and O–H groups in total. The molecule has 0 saturated carbocycles. The first-order valence-electron chi connectivity index (χ1n) is 5.46. The Labute approximate surface area is 108 Å². The van der Waals surface area contributed by atoms with Gasteiger partial charge in [0.05, 0.1) is 0 Å². The number of hydrogen-bond donors (Lipinski definition) is 2. The molecule has 0 aliphatic heterocycles. The maximum Gasteiger partial charge on any atom is 0.258 e. The van der Waals surface area contributed by atoms with Crippen LogP contribution in [-0.4, -0.2) is 17.6 Å². The van der Waals surface area contributed by atoms with Crippen LogP contribution >= 0.6 is 11.3 Å². The number of hydrogen-bond acceptors (Lipinski definition) is 3. The molecule has 5 heteroatoms. The normalized spacial score (nSPS) is 10.3. The number of phenolic OH excluding ortho intramolecular Hbond substituents is 1. The zero-order chi connectivity index (χ0) is 13.0. The monoisotopic (exact) mass is 265 g/mol. The van der Waals surface area contributed by atoms with E-state index in [9.17, 15) is 14.3 Å². The van der Waals surface area contributed by atoms with Crippen molar-refractivity contribution in [2.24, 2.45) is 0 Å². The first kappa shape index (κ1) is 12.6. The van der Waals surface area contributed by atoms with Gasteiger partial charge >= 0.3 is 0 Å². The van der Waals surface area contributed by atoms with Crippen molar-refractivity contribution in [3.05, 3.63) is 52.0 Å². The second kappa shape index (κ2) is 5.64. The minimum Gasteiger partial charge on any atom is -0.507 e. The Bertz CT molecular complexity index is 520. The summed E-state index contributed by atoms with van der Waals surface area (Å²) in [5.41, 5.74) is -0.302. The second-order valence-electron chi connectivity index (χ2n) is 3.72. The number of phenols is 1. The zero-order valence-corrected chi connectivity index (χ0v) is 10.3. The maximum absolute atomic E-state index is 13.4. The van der Waals surface area contributed by atoms with Gasteiger partial charge < -0.3 is 10.4 Å². The quantitative estimate of drug-likeness (QED) is 0.892. The van der Waals surface area contributed by atoms with Crippen molar-refractivity contribution in [1.29, 1.82) is 0 Å². The highest BCUT2D eigenvalue weighted by molar-refractivity contribution is 7.09. The van der Waals surface area contributed by atoms with E-state index in [0.717, 1.165) is 10.9 Å². The number of thiophene rings is 1. The molecule has 0 spiro atoms. The van der Waals surface area contributed by atoms with Gasteiger partial charge in [-0.3, -0.25) is 4.79 Å². The number of halogens is 1. The minimum absolute atomic E-state index is 0.302. The first-order chi connectivity index (χ1) is 8.68. The zero-order valence-electron chi connectivity index (χ0n) is 9.52. The standard InChI is InChI=1S/C13H12FNO2S/c14-10-4-1-5-11(16)12(10)13(17)15-7-6-9-3-2-8-18-9/h1-5,8,16H,6-7H2,(H,15,17). The Balaban J connectivity index is 1.96. The smallest absolute Gasteiger partial charge is 0.258 e. The van der Waals surface area contributed by atoms with Gasteiger partial charge in [-0.2, -0.15) is 0 Å². The molecule has 0 radical (unpaired) electrons. The predicted octanol–water partition coefficient (Wildman–Crippen LogP) is 2.57. The molecule has 0 saturated heterocycles. The molecule has 0 unspecified atom stereocenters. The van der Waals surface area contributed by atoms with E-state index in [1.165, 1.54) is 12.1 Å². The van der Waals surface area contributed by atoms with Crippen LogP contribution in [0.15, 0.2) is 35.7 Å². The van der Waals surface area contributed by atoms with Crippen LogP contribution in [0, 0.1) is 5.82 Å². The maximum atomic E-state index is 13.4. The number of rotatable bonds is 4. The van der Waals surface area contributed by atoms with Gasteiger partial charge in [-0.1, -0.05) is 12.1 Å². The third kappa shape index (κ3) is 2.87. The van der Waals surface area contributed by atoms with E-state index in [-0.39, 0.29) is 11.3 Å². The van der Waals surface area contributed by atoms with Gasteiger partial charge in [0.2, 0.25) is 0 Å². The van der Waals surface area contributed by atoms with Crippen LogP contribution in [0.25, 0.3) is 0 Å². The van der Waals surface area contributed by atoms with Gasteiger partial charge in [-0.25, -0.2) is 4.39 Å². The fourth-order valence-electron chi connectivity index (χ4n) is 1.58. The molecule has 1 heterocycles. The summed E-state index contributed by atoms with van der Waals surface area (Å²) in [4.78, 5) is 12.9. The van der Waals surface area contributed by atoms with Crippen molar-refractivity contribution in [3.63, 3.8) is 0 Å². The summed E-state index contributed by atoms with van der Waals surface area (Å²) in [5, 5.41) is 14.0. The van der Waals surface area contributed by atoms with Crippen LogP contribution in [0.4, 0.5) is 4.39 Å². The van der Waals surface area contributed by atoms with E-state index >= 15 is 0 Å². The van der Waals surface area contributed by atoms with Crippen molar-refractivity contribution in [2.45, 2.75) is 6.42 Å². The van der Waals surface area contributed by atoms with E-state index in [1.807, 2.05) is 17.5 Å². The number of nitrogens with one attached hydrogen (secondary N) is 1. The molecule has 0 aliphatic carbocycles. The molecule has 0 aliphatic rings. The van der Waals surface area contributed by atoms with Crippen LogP contribution in [0.3, 0.4) is 0 Å². The van der Waals surface area contributed by atoms with Crippen LogP contribution in [0.5, 0.6) is 5.75 Å². The minimum atomic E-state index is -0.719. The lowest BCUT2D eigenvalue weighted by atomic mass is 10.1. The molecule has 3 nitrogen and oxygen atoms in total. The summed E-state index contributed by atoms with van der Waals surface area (Å²) >= 11 is 1.60. The summed E-state index contributed by atoms with van der Waals surface area (Å²) in [7, 11) is 0. The lowest BCUT2D eigenvalue weighted by Crippen LogP contribution is -2.26. The molecular weight excluding hydrogens is 253 g/mol. The SMILES string of the molecule is O=C(NCCc1cccs1)c1c(O)cccc1F. The number of benzene rings is 1. The number of carbonyl (C=O) groups is 1. The summed E-state index contributed by atoms with van der Waals surface area (Å²) in [6.07, 6.45) is 0.693. The molecule has 2 rings (SSSR count). The summed E-state index contributed by atoms with van der Waals surface area (Å²) in [5.74, 6) is -1.66. The van der Waals surface area contributed by atoms with Crippen molar-refractivity contribution >= 4 is 17.2 Å². The van der Waals surface area contributed by atoms with E-state index < -0.39 is 11.7 Å². The van der Waals surface area contributed by atoms with Crippen molar-refractivity contribution in [3.8, 4) is 5.75 Å². The summed E-state index contributed by atoms with van der Waals surface area (Å²) in [6, 6.07) is 7.69. The molecule has 1 aromatic heterocycles. The Kier molecular flexibility index (Phi) is 3.94. The third-order valence-electron chi connectivity index (χ3n) is 2.46. The number of aromatic hydroxyl groups is 1. The fraction of sp³-hybridized carbons (Fsp3) is 0.154. The number of carbonyl (C=O) groups excluding carboxylic acids is 1. The molecule has 0 atom stereocenters. The fourth-order valence-corrected chi connectivity index (χ4v) is 2.29. The highest BCUT2D eigenvalue weighted by Gasteiger charge is 2.15. The summed E-state index contributed by atoms with van der Waals surface area (Å²) < 4.78 is 13.4. The van der Waals surface area contributed by atoms with E-state index in [1.54, 1.807) is 11.3 Å². The van der Waals surface area contributed by atoms with Crippen LogP contribution in [0.2, 0.25) is 0 Å². The summed E-state index contributed by atoms with van der Waals surface area (Å²) in [6.45, 7) is 0.410. The molecular formula is C13H12FNO2S. The predicted molar refractivity (Wildman–Crippen MR) is 68.4 cm³/mol. The van der Waals surface area contributed by atoms with Gasteiger partial charge in [-0.15, -0.1) is 11.3 Å². The Morgan fingerprint density at radius 1 is 1.33 bits per heavy atom. The molecule has 0 bridgehead atoms. The molecule has 18 heavy (non-hydrogen) atoms.